The van der Waals surface area contributed by atoms with Gasteiger partial charge in [-0.15, -0.1) is 0 Å². The number of aliphatic hydroxyl groups excluding tert-OH is 1. The molecule has 0 aromatic heterocycles. The maximum Gasteiger partial charge on any atom is 0.201 e. The van der Waals surface area contributed by atoms with Crippen LogP contribution in [0, 0.1) is 43.4 Å². The van der Waals surface area contributed by atoms with E-state index in [-0.39, 0.29) is 11.5 Å². The molecule has 1 fully saturated rings. The molecule has 0 radical (unpaired) electrons. The van der Waals surface area contributed by atoms with Gasteiger partial charge in [-0.05, 0) is 121 Å². The van der Waals surface area contributed by atoms with E-state index in [0.717, 1.165) is 41.0 Å². The molecule has 0 aromatic carbocycles. The second kappa shape index (κ2) is 9.36. The first-order valence-electron chi connectivity index (χ1n) is 14.1. The van der Waals surface area contributed by atoms with Crippen LogP contribution in [0.2, 0.25) is 0 Å². The molecule has 5 rings (SSSR count). The van der Waals surface area contributed by atoms with E-state index in [1.54, 1.807) is 0 Å². The summed E-state index contributed by atoms with van der Waals surface area (Å²) >= 11 is 0. The molecule has 5 aliphatic carbocycles. The van der Waals surface area contributed by atoms with Gasteiger partial charge < -0.3 is 5.11 Å². The van der Waals surface area contributed by atoms with Crippen LogP contribution < -0.4 is 0 Å². The van der Waals surface area contributed by atoms with Gasteiger partial charge >= 0.3 is 0 Å². The van der Waals surface area contributed by atoms with Crippen molar-refractivity contribution in [3.8, 4) is 11.1 Å². The predicted molar refractivity (Wildman–Crippen MR) is 150 cm³/mol. The third-order valence-electron chi connectivity index (χ3n) is 9.49. The summed E-state index contributed by atoms with van der Waals surface area (Å²) < 4.78 is 0. The van der Waals surface area contributed by atoms with Gasteiger partial charge in [0.2, 0.25) is 5.78 Å². The maximum atomic E-state index is 13.8. The number of ketones is 1. The molecule has 0 heterocycles. The van der Waals surface area contributed by atoms with Crippen molar-refractivity contribution in [2.75, 3.05) is 0 Å². The van der Waals surface area contributed by atoms with Gasteiger partial charge in [-0.3, -0.25) is 4.79 Å². The number of Topliss-reactive ketones (excluding diaryl/α,β-unsaturated/α-hetero) is 1. The van der Waals surface area contributed by atoms with Crippen LogP contribution in [-0.2, 0) is 11.2 Å². The van der Waals surface area contributed by atoms with Gasteiger partial charge in [0.15, 0.2) is 0 Å². The van der Waals surface area contributed by atoms with Crippen LogP contribution in [-0.4, -0.2) is 10.9 Å². The first-order chi connectivity index (χ1) is 17.1. The lowest BCUT2D eigenvalue weighted by Crippen LogP contribution is -2.27. The van der Waals surface area contributed by atoms with Crippen molar-refractivity contribution in [3.63, 3.8) is 0 Å². The Labute approximate surface area is 217 Å². The number of allylic oxidation sites excluding steroid dienone is 5. The van der Waals surface area contributed by atoms with Gasteiger partial charge in [0.05, 0.1) is 11.1 Å². The molecule has 0 aliphatic heterocycles. The zero-order valence-electron chi connectivity index (χ0n) is 23.2. The second-order valence-electron chi connectivity index (χ2n) is 12.2. The molecule has 2 heteroatoms. The van der Waals surface area contributed by atoms with Crippen molar-refractivity contribution >= 4 is 11.4 Å². The highest BCUT2D eigenvalue weighted by Crippen LogP contribution is 2.54. The highest BCUT2D eigenvalue weighted by atomic mass is 16.3. The molecule has 2 nitrogen and oxygen atoms in total. The number of aliphatic hydroxyl groups is 1. The van der Waals surface area contributed by atoms with Crippen LogP contribution in [0.25, 0.3) is 16.7 Å². The molecule has 0 bridgehead atoms. The Morgan fingerprint density at radius 1 is 1.00 bits per heavy atom. The molecule has 0 amide bonds. The summed E-state index contributed by atoms with van der Waals surface area (Å²) in [7, 11) is 0. The third kappa shape index (κ3) is 3.88. The van der Waals surface area contributed by atoms with Crippen LogP contribution in [0.1, 0.15) is 82.6 Å². The second-order valence-corrected chi connectivity index (χ2v) is 12.2. The predicted octanol–water partition coefficient (Wildman–Crippen LogP) is 8.79. The molecule has 0 saturated heterocycles. The Hall–Kier alpha value is -2.61. The molecule has 190 valence electrons. The average molecular weight is 483 g/mol. The quantitative estimate of drug-likeness (QED) is 0.442. The van der Waals surface area contributed by atoms with E-state index in [4.69, 9.17) is 0 Å². The number of carbonyl (C=O) groups excluding carboxylic acids is 1. The van der Waals surface area contributed by atoms with Crippen molar-refractivity contribution in [3.05, 3.63) is 75.1 Å². The summed E-state index contributed by atoms with van der Waals surface area (Å²) in [4.78, 5) is 13.8. The summed E-state index contributed by atoms with van der Waals surface area (Å²) in [6.07, 6.45) is 8.03. The number of rotatable bonds is 4. The van der Waals surface area contributed by atoms with E-state index in [2.05, 4.69) is 78.8 Å². The molecular formula is C34H42O2. The number of aryl methyl sites for hydroxylation is 3. The summed E-state index contributed by atoms with van der Waals surface area (Å²) in [5, 5.41) is 11.5. The van der Waals surface area contributed by atoms with Gasteiger partial charge in [0, 0.05) is 0 Å². The summed E-state index contributed by atoms with van der Waals surface area (Å²) in [6, 6.07) is 8.76. The van der Waals surface area contributed by atoms with Crippen molar-refractivity contribution < 1.29 is 9.90 Å². The van der Waals surface area contributed by atoms with E-state index in [9.17, 15) is 9.90 Å². The lowest BCUT2D eigenvalue weighted by atomic mass is 9.72. The first-order valence-corrected chi connectivity index (χ1v) is 14.1. The average Bonchev–Trinajstić information content (AvgIpc) is 3.13. The normalized spacial score (nSPS) is 28.4. The maximum absolute atomic E-state index is 13.8. The SMILES string of the molecule is CCCc1ccc(C)c2c(C3=C(O)/C(=C4\C=C(C)C5CC(C(C)C)CCC(C)C45)C3=O)cc(C)c-2c1. The minimum Gasteiger partial charge on any atom is -0.506 e. The molecule has 4 unspecified atom stereocenters. The highest BCUT2D eigenvalue weighted by molar-refractivity contribution is 6.40. The summed E-state index contributed by atoms with van der Waals surface area (Å²) in [5.41, 5.74) is 10.4. The Morgan fingerprint density at radius 3 is 2.42 bits per heavy atom. The lowest BCUT2D eigenvalue weighted by Gasteiger charge is -2.31. The number of hydrogen-bond acceptors (Lipinski definition) is 2. The number of carbonyl (C=O) groups is 1. The van der Waals surface area contributed by atoms with Crippen molar-refractivity contribution in [1.82, 2.24) is 0 Å². The summed E-state index contributed by atoms with van der Waals surface area (Å²) in [6.45, 7) is 15.7. The lowest BCUT2D eigenvalue weighted by molar-refractivity contribution is -0.111. The zero-order valence-corrected chi connectivity index (χ0v) is 23.2. The topological polar surface area (TPSA) is 37.3 Å². The van der Waals surface area contributed by atoms with Crippen LogP contribution in [0.5, 0.6) is 0 Å². The van der Waals surface area contributed by atoms with Gasteiger partial charge in [0.25, 0.3) is 0 Å². The third-order valence-corrected chi connectivity index (χ3v) is 9.49. The minimum atomic E-state index is 0.0237. The fourth-order valence-corrected chi connectivity index (χ4v) is 7.36. The Kier molecular flexibility index (Phi) is 6.52. The van der Waals surface area contributed by atoms with E-state index in [0.29, 0.717) is 34.8 Å². The van der Waals surface area contributed by atoms with Gasteiger partial charge in [-0.25, -0.2) is 0 Å². The van der Waals surface area contributed by atoms with Crippen LogP contribution in [0.3, 0.4) is 0 Å². The molecule has 0 spiro atoms. The van der Waals surface area contributed by atoms with E-state index in [1.165, 1.54) is 41.5 Å². The molecule has 0 aromatic rings. The molecular weight excluding hydrogens is 440 g/mol. The fourth-order valence-electron chi connectivity index (χ4n) is 7.36. The van der Waals surface area contributed by atoms with Crippen LogP contribution in [0.15, 0.2) is 52.8 Å². The molecule has 36 heavy (non-hydrogen) atoms. The van der Waals surface area contributed by atoms with Crippen LogP contribution >= 0.6 is 0 Å². The van der Waals surface area contributed by atoms with E-state index >= 15 is 0 Å². The molecule has 1 saturated carbocycles. The van der Waals surface area contributed by atoms with Gasteiger partial charge in [-0.1, -0.05) is 64.0 Å². The molecule has 1 N–H and O–H groups in total. The fraction of sp³-hybridized carbons (Fsp3) is 0.500. The number of hydrogen-bond donors (Lipinski definition) is 1. The minimum absolute atomic E-state index is 0.0237. The monoisotopic (exact) mass is 482 g/mol. The smallest absolute Gasteiger partial charge is 0.201 e. The van der Waals surface area contributed by atoms with Crippen molar-refractivity contribution in [2.24, 2.45) is 29.6 Å². The highest BCUT2D eigenvalue weighted by Gasteiger charge is 2.46. The van der Waals surface area contributed by atoms with Crippen molar-refractivity contribution in [1.29, 1.82) is 0 Å². The Balaban J connectivity index is 1.59. The van der Waals surface area contributed by atoms with Crippen LogP contribution in [0.4, 0.5) is 0 Å². The number of fused-ring (bicyclic) bond motifs is 2. The van der Waals surface area contributed by atoms with Crippen molar-refractivity contribution in [2.45, 2.75) is 80.6 Å². The Bertz CT molecular complexity index is 1280. The molecule has 5 aliphatic rings. The van der Waals surface area contributed by atoms with Gasteiger partial charge in [-0.2, -0.15) is 0 Å². The standard InChI is InChI=1S/C34H42O2/c1-8-9-23-12-10-19(4)29-25(16-23)21(6)14-27(29)31-33(35)32(34(31)36)28-15-22(7)26-17-24(18(2)3)13-11-20(5)30(26)28/h10,12,14-16,18,20,24,26,30,35H,8-9,11,13,17H2,1-7H3/b32-28-. The first kappa shape index (κ1) is 25.1. The molecule has 4 atom stereocenters. The Morgan fingerprint density at radius 2 is 1.75 bits per heavy atom. The summed E-state index contributed by atoms with van der Waals surface area (Å²) in [5.74, 6) is 2.99. The van der Waals surface area contributed by atoms with E-state index in [1.807, 2.05) is 0 Å². The largest absolute Gasteiger partial charge is 0.506 e. The van der Waals surface area contributed by atoms with Gasteiger partial charge in [0.1, 0.15) is 5.76 Å². The van der Waals surface area contributed by atoms with E-state index < -0.39 is 0 Å². The zero-order chi connectivity index (χ0) is 25.9.